The lowest BCUT2D eigenvalue weighted by Gasteiger charge is -2.24. The molecular formula is C21H24Cl2N2O6. The zero-order valence-corrected chi connectivity index (χ0v) is 18.9. The highest BCUT2D eigenvalue weighted by Crippen LogP contribution is 2.35. The second-order valence-electron chi connectivity index (χ2n) is 7.54. The molecule has 2 atom stereocenters. The summed E-state index contributed by atoms with van der Waals surface area (Å²) in [6.45, 7) is 8.52. The number of carbonyl (C=O) groups excluding carboxylic acids is 2. The zero-order chi connectivity index (χ0) is 23.2. The van der Waals surface area contributed by atoms with E-state index in [9.17, 15) is 14.7 Å². The molecule has 1 aromatic heterocycles. The number of halogens is 2. The lowest BCUT2D eigenvalue weighted by atomic mass is 10.1. The van der Waals surface area contributed by atoms with Gasteiger partial charge >= 0.3 is 12.1 Å². The van der Waals surface area contributed by atoms with Crippen LogP contribution in [0.2, 0.25) is 10.0 Å². The summed E-state index contributed by atoms with van der Waals surface area (Å²) in [4.78, 5) is 28.5. The number of aliphatic hydroxyl groups is 1. The normalized spacial score (nSPS) is 13.2. The number of esters is 1. The number of oxazole rings is 1. The molecule has 1 aromatic carbocycles. The molecule has 0 fully saturated rings. The van der Waals surface area contributed by atoms with Crippen molar-refractivity contribution in [2.24, 2.45) is 0 Å². The summed E-state index contributed by atoms with van der Waals surface area (Å²) < 4.78 is 15.5. The van der Waals surface area contributed by atoms with Crippen molar-refractivity contribution in [3.05, 3.63) is 53.1 Å². The minimum absolute atomic E-state index is 0.0464. The van der Waals surface area contributed by atoms with E-state index in [0.717, 1.165) is 0 Å². The molecule has 0 saturated heterocycles. The Labute approximate surface area is 190 Å². The number of hydrogen-bond donors (Lipinski definition) is 2. The van der Waals surface area contributed by atoms with Crippen LogP contribution in [0.4, 0.5) is 4.79 Å². The lowest BCUT2D eigenvalue weighted by molar-refractivity contribution is -0.156. The average molecular weight is 471 g/mol. The van der Waals surface area contributed by atoms with Crippen molar-refractivity contribution < 1.29 is 28.6 Å². The largest absolute Gasteiger partial charge is 0.460 e. The highest BCUT2D eigenvalue weighted by Gasteiger charge is 2.32. The van der Waals surface area contributed by atoms with E-state index in [4.69, 9.17) is 37.1 Å². The first-order chi connectivity index (χ1) is 14.5. The minimum Gasteiger partial charge on any atom is -0.460 e. The van der Waals surface area contributed by atoms with Gasteiger partial charge in [0.1, 0.15) is 24.2 Å². The lowest BCUT2D eigenvalue weighted by Crippen LogP contribution is -2.42. The first kappa shape index (κ1) is 24.7. The Balaban J connectivity index is 2.26. The van der Waals surface area contributed by atoms with Gasteiger partial charge in [0.15, 0.2) is 6.10 Å². The number of rotatable bonds is 8. The molecule has 0 radical (unpaired) electrons. The quantitative estimate of drug-likeness (QED) is 0.424. The Morgan fingerprint density at radius 3 is 2.55 bits per heavy atom. The number of alkyl carbamates (subject to hydrolysis) is 1. The number of aromatic nitrogens is 1. The number of amides is 1. The van der Waals surface area contributed by atoms with Crippen molar-refractivity contribution in [2.75, 3.05) is 6.61 Å². The molecule has 0 spiro atoms. The van der Waals surface area contributed by atoms with Crippen LogP contribution in [0.5, 0.6) is 0 Å². The summed E-state index contributed by atoms with van der Waals surface area (Å²) in [6, 6.07) is 3.81. The third kappa shape index (κ3) is 7.27. The molecule has 0 aliphatic rings. The maximum absolute atomic E-state index is 12.3. The second kappa shape index (κ2) is 10.7. The van der Waals surface area contributed by atoms with Crippen LogP contribution >= 0.6 is 23.2 Å². The molecule has 2 N–H and O–H groups in total. The maximum Gasteiger partial charge on any atom is 0.407 e. The number of aliphatic hydroxyl groups excluding tert-OH is 1. The zero-order valence-electron chi connectivity index (χ0n) is 17.4. The van der Waals surface area contributed by atoms with E-state index >= 15 is 0 Å². The molecule has 1 heterocycles. The van der Waals surface area contributed by atoms with Crippen LogP contribution in [0.3, 0.4) is 0 Å². The van der Waals surface area contributed by atoms with Gasteiger partial charge in [-0.3, -0.25) is 4.79 Å². The van der Waals surface area contributed by atoms with Crippen LogP contribution in [0.15, 0.2) is 41.5 Å². The number of nitrogens with zero attached hydrogens (tertiary/aromatic N) is 1. The van der Waals surface area contributed by atoms with Crippen molar-refractivity contribution in [3.63, 3.8) is 0 Å². The number of hydrogen-bond acceptors (Lipinski definition) is 7. The molecule has 0 aliphatic carbocycles. The smallest absolute Gasteiger partial charge is 0.407 e. The molecule has 0 aliphatic heterocycles. The van der Waals surface area contributed by atoms with Crippen LogP contribution in [0.25, 0.3) is 11.3 Å². The molecular weight excluding hydrogens is 447 g/mol. The topological polar surface area (TPSA) is 111 Å². The van der Waals surface area contributed by atoms with Gasteiger partial charge in [-0.15, -0.1) is 0 Å². The Kier molecular flexibility index (Phi) is 8.50. The van der Waals surface area contributed by atoms with Gasteiger partial charge in [-0.05, 0) is 32.9 Å². The van der Waals surface area contributed by atoms with E-state index in [1.165, 1.54) is 12.3 Å². The monoisotopic (exact) mass is 470 g/mol. The first-order valence-electron chi connectivity index (χ1n) is 9.35. The van der Waals surface area contributed by atoms with Crippen LogP contribution in [0.1, 0.15) is 39.2 Å². The Bertz CT molecular complexity index is 918. The van der Waals surface area contributed by atoms with E-state index in [0.29, 0.717) is 15.6 Å². The van der Waals surface area contributed by atoms with Gasteiger partial charge < -0.3 is 24.3 Å². The van der Waals surface area contributed by atoms with E-state index in [2.05, 4.69) is 16.9 Å². The molecule has 2 rings (SSSR count). The van der Waals surface area contributed by atoms with Crippen LogP contribution in [0, 0.1) is 0 Å². The molecule has 168 valence electrons. The summed E-state index contributed by atoms with van der Waals surface area (Å²) in [7, 11) is 0. The molecule has 10 heteroatoms. The minimum atomic E-state index is -1.49. The van der Waals surface area contributed by atoms with E-state index in [-0.39, 0.29) is 24.6 Å². The average Bonchev–Trinajstić information content (AvgIpc) is 3.13. The van der Waals surface area contributed by atoms with Crippen molar-refractivity contribution in [3.8, 4) is 11.3 Å². The van der Waals surface area contributed by atoms with Crippen LogP contribution in [-0.2, 0) is 14.3 Å². The van der Waals surface area contributed by atoms with E-state index in [1.54, 1.807) is 39.0 Å². The van der Waals surface area contributed by atoms with E-state index < -0.39 is 29.8 Å². The fourth-order valence-electron chi connectivity index (χ4n) is 2.58. The molecule has 0 bridgehead atoms. The van der Waals surface area contributed by atoms with Gasteiger partial charge in [0.2, 0.25) is 5.89 Å². The van der Waals surface area contributed by atoms with Crippen LogP contribution in [-0.4, -0.2) is 40.4 Å². The third-order valence-corrected chi connectivity index (χ3v) is 4.45. The Hall–Kier alpha value is -2.55. The molecule has 2 aromatic rings. The number of carbonyl (C=O) groups is 2. The molecule has 8 nitrogen and oxygen atoms in total. The fourth-order valence-corrected chi connectivity index (χ4v) is 3.18. The summed E-state index contributed by atoms with van der Waals surface area (Å²) in [5.41, 5.74) is -0.0303. The van der Waals surface area contributed by atoms with Gasteiger partial charge in [-0.1, -0.05) is 41.9 Å². The van der Waals surface area contributed by atoms with Crippen LogP contribution < -0.4 is 5.32 Å². The molecule has 1 unspecified atom stereocenters. The van der Waals surface area contributed by atoms with Gasteiger partial charge in [0, 0.05) is 5.56 Å². The van der Waals surface area contributed by atoms with Crippen molar-refractivity contribution in [2.45, 2.75) is 44.9 Å². The Morgan fingerprint density at radius 2 is 1.97 bits per heavy atom. The van der Waals surface area contributed by atoms with Crippen molar-refractivity contribution in [1.82, 2.24) is 10.3 Å². The first-order valence-corrected chi connectivity index (χ1v) is 10.1. The third-order valence-electron chi connectivity index (χ3n) is 3.82. The summed E-state index contributed by atoms with van der Waals surface area (Å²) in [6.07, 6.45) is -0.0439. The molecule has 31 heavy (non-hydrogen) atoms. The molecule has 1 amide bonds. The molecule has 0 saturated carbocycles. The predicted molar refractivity (Wildman–Crippen MR) is 116 cm³/mol. The van der Waals surface area contributed by atoms with Gasteiger partial charge in [0.25, 0.3) is 0 Å². The van der Waals surface area contributed by atoms with Crippen molar-refractivity contribution >= 4 is 35.3 Å². The van der Waals surface area contributed by atoms with Crippen molar-refractivity contribution in [1.29, 1.82) is 0 Å². The summed E-state index contributed by atoms with van der Waals surface area (Å²) >= 11 is 12.4. The number of ether oxygens (including phenoxy) is 2. The standard InChI is InChI=1S/C21H24Cl2N2O6/c1-5-9-29-20(28)25-14(10-16(26)31-21(2,3)4)18(27)19-24-15(11-30-19)17-12(22)7-6-8-13(17)23/h5-8,11,14,18,27H,1,9-10H2,2-4H3,(H,25,28)/t14-,18?/m0/s1. The SMILES string of the molecule is C=CCOC(=O)N[C@@H](CC(=O)OC(C)(C)C)C(O)c1nc(-c2c(Cl)cccc2Cl)co1. The summed E-state index contributed by atoms with van der Waals surface area (Å²) in [5, 5.41) is 13.9. The van der Waals surface area contributed by atoms with Gasteiger partial charge in [0.05, 0.1) is 22.5 Å². The number of benzene rings is 1. The van der Waals surface area contributed by atoms with E-state index in [1.807, 2.05) is 0 Å². The highest BCUT2D eigenvalue weighted by atomic mass is 35.5. The van der Waals surface area contributed by atoms with Gasteiger partial charge in [-0.25, -0.2) is 9.78 Å². The fraction of sp³-hybridized carbons (Fsp3) is 0.381. The predicted octanol–water partition coefficient (Wildman–Crippen LogP) is 4.69. The van der Waals surface area contributed by atoms with Gasteiger partial charge in [-0.2, -0.15) is 0 Å². The highest BCUT2D eigenvalue weighted by molar-refractivity contribution is 6.39. The Morgan fingerprint density at radius 1 is 1.32 bits per heavy atom. The summed E-state index contributed by atoms with van der Waals surface area (Å²) in [5.74, 6) is -0.787. The second-order valence-corrected chi connectivity index (χ2v) is 8.36. The maximum atomic E-state index is 12.3. The number of nitrogens with one attached hydrogen (secondary N) is 1.